The van der Waals surface area contributed by atoms with Gasteiger partial charge in [-0.25, -0.2) is 0 Å². The molecule has 0 fully saturated rings. The predicted molar refractivity (Wildman–Crippen MR) is 86.2 cm³/mol. The van der Waals surface area contributed by atoms with Crippen LogP contribution in [0.4, 0.5) is 0 Å². The fraction of sp³-hybridized carbons (Fsp3) is 0.357. The number of aromatic nitrogens is 1. The number of pyridine rings is 1. The number of nitrogens with zero attached hydrogens (tertiary/aromatic N) is 2. The van der Waals surface area contributed by atoms with Crippen molar-refractivity contribution in [2.75, 3.05) is 13.6 Å². The Morgan fingerprint density at radius 1 is 1.16 bits per heavy atom. The molecule has 19 heavy (non-hydrogen) atoms. The summed E-state index contributed by atoms with van der Waals surface area (Å²) in [6, 6.07) is 12.8. The van der Waals surface area contributed by atoms with Crippen molar-refractivity contribution in [3.63, 3.8) is 0 Å². The lowest BCUT2D eigenvalue weighted by Crippen LogP contribution is -2.34. The Hall–Kier alpha value is -0.870. The zero-order valence-corrected chi connectivity index (χ0v) is 12.9. The molecular weight excluding hydrogens is 281 g/mol. The number of benzene rings is 1. The van der Waals surface area contributed by atoms with E-state index in [9.17, 15) is 0 Å². The maximum Gasteiger partial charge on any atom is 0.0705 e. The number of rotatable bonds is 4. The van der Waals surface area contributed by atoms with Crippen LogP contribution in [-0.4, -0.2) is 29.5 Å². The average Bonchev–Trinajstić information content (AvgIpc) is 2.37. The third-order valence-corrected chi connectivity index (χ3v) is 3.16. The zero-order valence-electron chi connectivity index (χ0n) is 11.2. The van der Waals surface area contributed by atoms with Gasteiger partial charge in [0.1, 0.15) is 0 Å². The monoisotopic (exact) mass is 301 g/mol. The van der Waals surface area contributed by atoms with E-state index >= 15 is 0 Å². The Kier molecular flexibility index (Phi) is 7.95. The number of halogens is 2. The molecule has 2 aromatic rings. The largest absolute Gasteiger partial charge is 0.329 e. The van der Waals surface area contributed by atoms with Gasteiger partial charge < -0.3 is 5.73 Å². The van der Waals surface area contributed by atoms with E-state index in [1.807, 2.05) is 18.2 Å². The molecule has 0 amide bonds. The van der Waals surface area contributed by atoms with Crippen LogP contribution >= 0.6 is 24.8 Å². The van der Waals surface area contributed by atoms with E-state index in [0.29, 0.717) is 12.6 Å². The van der Waals surface area contributed by atoms with Crippen molar-refractivity contribution < 1.29 is 0 Å². The third-order valence-electron chi connectivity index (χ3n) is 3.16. The Labute approximate surface area is 127 Å². The highest BCUT2D eigenvalue weighted by Gasteiger charge is 2.08. The molecule has 1 atom stereocenters. The van der Waals surface area contributed by atoms with Gasteiger partial charge in [-0.3, -0.25) is 9.88 Å². The van der Waals surface area contributed by atoms with Gasteiger partial charge in [-0.05, 0) is 26.1 Å². The zero-order chi connectivity index (χ0) is 12.3. The first kappa shape index (κ1) is 18.1. The van der Waals surface area contributed by atoms with Gasteiger partial charge in [0.25, 0.3) is 0 Å². The van der Waals surface area contributed by atoms with Gasteiger partial charge in [0.15, 0.2) is 0 Å². The minimum Gasteiger partial charge on any atom is -0.329 e. The number of likely N-dealkylation sites (N-methyl/N-ethyl adjacent to an activating group) is 1. The maximum atomic E-state index is 5.66. The van der Waals surface area contributed by atoms with Gasteiger partial charge in [-0.1, -0.05) is 24.3 Å². The molecule has 1 aromatic carbocycles. The molecule has 0 saturated heterocycles. The normalized spacial score (nSPS) is 11.8. The Morgan fingerprint density at radius 3 is 2.53 bits per heavy atom. The van der Waals surface area contributed by atoms with Crippen molar-refractivity contribution in [2.24, 2.45) is 5.73 Å². The van der Waals surface area contributed by atoms with E-state index in [1.165, 1.54) is 5.39 Å². The molecule has 0 aliphatic rings. The minimum atomic E-state index is 0. The number of nitrogens with two attached hydrogens (primary N) is 1. The summed E-state index contributed by atoms with van der Waals surface area (Å²) < 4.78 is 0. The Bertz CT molecular complexity index is 505. The standard InChI is InChI=1S/C14H19N3.2ClH/c1-11(9-15)17(2)10-13-8-7-12-5-3-4-6-14(12)16-13;;/h3-8,11H,9-10,15H2,1-2H3;2*1H. The molecular formula is C14H21Cl2N3. The summed E-state index contributed by atoms with van der Waals surface area (Å²) in [4.78, 5) is 6.87. The molecule has 3 nitrogen and oxygen atoms in total. The number of hydrogen-bond acceptors (Lipinski definition) is 3. The molecule has 0 aliphatic heterocycles. The number of para-hydroxylation sites is 1. The van der Waals surface area contributed by atoms with Crippen molar-refractivity contribution in [1.82, 2.24) is 9.88 Å². The lowest BCUT2D eigenvalue weighted by molar-refractivity contribution is 0.252. The van der Waals surface area contributed by atoms with Gasteiger partial charge in [0.05, 0.1) is 11.2 Å². The molecule has 0 aliphatic carbocycles. The highest BCUT2D eigenvalue weighted by atomic mass is 35.5. The Balaban J connectivity index is 0.00000162. The lowest BCUT2D eigenvalue weighted by atomic mass is 10.2. The van der Waals surface area contributed by atoms with Gasteiger partial charge >= 0.3 is 0 Å². The van der Waals surface area contributed by atoms with Crippen LogP contribution in [0, 0.1) is 0 Å². The van der Waals surface area contributed by atoms with Crippen LogP contribution in [0.25, 0.3) is 10.9 Å². The van der Waals surface area contributed by atoms with Crippen LogP contribution in [0.2, 0.25) is 0 Å². The van der Waals surface area contributed by atoms with E-state index in [4.69, 9.17) is 5.73 Å². The highest BCUT2D eigenvalue weighted by molar-refractivity contribution is 5.85. The van der Waals surface area contributed by atoms with Crippen molar-refractivity contribution in [1.29, 1.82) is 0 Å². The Morgan fingerprint density at radius 2 is 1.84 bits per heavy atom. The first-order chi connectivity index (χ1) is 8.20. The quantitative estimate of drug-likeness (QED) is 0.944. The summed E-state index contributed by atoms with van der Waals surface area (Å²) in [5.41, 5.74) is 7.80. The van der Waals surface area contributed by atoms with Crippen LogP contribution in [0.3, 0.4) is 0 Å². The summed E-state index contributed by atoms with van der Waals surface area (Å²) in [7, 11) is 2.08. The fourth-order valence-corrected chi connectivity index (χ4v) is 1.79. The van der Waals surface area contributed by atoms with Gasteiger partial charge in [0.2, 0.25) is 0 Å². The van der Waals surface area contributed by atoms with Crippen molar-refractivity contribution in [3.8, 4) is 0 Å². The molecule has 0 saturated carbocycles. The summed E-state index contributed by atoms with van der Waals surface area (Å²) in [6.07, 6.45) is 0. The van der Waals surface area contributed by atoms with Crippen LogP contribution in [0.1, 0.15) is 12.6 Å². The minimum absolute atomic E-state index is 0. The molecule has 1 unspecified atom stereocenters. The van der Waals surface area contributed by atoms with Crippen molar-refractivity contribution in [3.05, 3.63) is 42.1 Å². The molecule has 0 spiro atoms. The summed E-state index contributed by atoms with van der Waals surface area (Å²) >= 11 is 0. The second kappa shape index (κ2) is 8.33. The summed E-state index contributed by atoms with van der Waals surface area (Å²) in [6.45, 7) is 3.63. The van der Waals surface area contributed by atoms with E-state index < -0.39 is 0 Å². The number of fused-ring (bicyclic) bond motifs is 1. The highest BCUT2D eigenvalue weighted by Crippen LogP contribution is 2.13. The van der Waals surface area contributed by atoms with Crippen molar-refractivity contribution >= 4 is 35.7 Å². The van der Waals surface area contributed by atoms with Gasteiger partial charge in [-0.15, -0.1) is 24.8 Å². The second-order valence-corrected chi connectivity index (χ2v) is 4.50. The molecule has 0 radical (unpaired) electrons. The topological polar surface area (TPSA) is 42.1 Å². The van der Waals surface area contributed by atoms with Crippen LogP contribution < -0.4 is 5.73 Å². The maximum absolute atomic E-state index is 5.66. The summed E-state index contributed by atoms with van der Waals surface area (Å²) in [5.74, 6) is 0. The van der Waals surface area contributed by atoms with E-state index in [1.54, 1.807) is 0 Å². The van der Waals surface area contributed by atoms with Gasteiger partial charge in [-0.2, -0.15) is 0 Å². The van der Waals surface area contributed by atoms with E-state index in [-0.39, 0.29) is 24.8 Å². The average molecular weight is 302 g/mol. The second-order valence-electron chi connectivity index (χ2n) is 4.50. The van der Waals surface area contributed by atoms with Crippen molar-refractivity contribution in [2.45, 2.75) is 19.5 Å². The predicted octanol–water partition coefficient (Wildman–Crippen LogP) is 2.86. The third kappa shape index (κ3) is 4.62. The molecule has 106 valence electrons. The molecule has 0 bridgehead atoms. The molecule has 1 aromatic heterocycles. The smallest absolute Gasteiger partial charge is 0.0705 e. The lowest BCUT2D eigenvalue weighted by Gasteiger charge is -2.22. The van der Waals surface area contributed by atoms with E-state index in [2.05, 4.69) is 42.1 Å². The van der Waals surface area contributed by atoms with Gasteiger partial charge in [0, 0.05) is 24.5 Å². The SMILES string of the molecule is CC(CN)N(C)Cc1ccc2ccccc2n1.Cl.Cl. The molecule has 1 heterocycles. The summed E-state index contributed by atoms with van der Waals surface area (Å²) in [5, 5.41) is 1.19. The molecule has 2 rings (SSSR count). The molecule has 5 heteroatoms. The number of hydrogen-bond donors (Lipinski definition) is 1. The van der Waals surface area contributed by atoms with E-state index in [0.717, 1.165) is 17.8 Å². The fourth-order valence-electron chi connectivity index (χ4n) is 1.79. The first-order valence-corrected chi connectivity index (χ1v) is 5.95. The van der Waals surface area contributed by atoms with Crippen LogP contribution in [0.5, 0.6) is 0 Å². The van der Waals surface area contributed by atoms with Crippen LogP contribution in [0.15, 0.2) is 36.4 Å². The first-order valence-electron chi connectivity index (χ1n) is 5.95. The van der Waals surface area contributed by atoms with Crippen LogP contribution in [-0.2, 0) is 6.54 Å². The molecule has 2 N–H and O–H groups in total.